The van der Waals surface area contributed by atoms with E-state index in [0.717, 1.165) is 25.8 Å². The number of hydrogen-bond donors (Lipinski definition) is 1. The summed E-state index contributed by atoms with van der Waals surface area (Å²) in [6, 6.07) is 5.60. The summed E-state index contributed by atoms with van der Waals surface area (Å²) in [5, 5.41) is 3.48. The van der Waals surface area contributed by atoms with Crippen LogP contribution in [-0.2, 0) is 6.42 Å². The zero-order valence-electron chi connectivity index (χ0n) is 8.52. The highest BCUT2D eigenvalue weighted by Gasteiger charge is 2.21. The van der Waals surface area contributed by atoms with E-state index in [0.29, 0.717) is 6.04 Å². The van der Waals surface area contributed by atoms with Gasteiger partial charge in [-0.3, -0.25) is 0 Å². The average molecular weight is 193 g/mol. The van der Waals surface area contributed by atoms with Gasteiger partial charge >= 0.3 is 0 Å². The monoisotopic (exact) mass is 193 g/mol. The quantitative estimate of drug-likeness (QED) is 0.778. The normalized spacial score (nSPS) is 19.7. The second-order valence-electron chi connectivity index (χ2n) is 3.89. The van der Waals surface area contributed by atoms with Crippen LogP contribution >= 0.6 is 0 Å². The van der Waals surface area contributed by atoms with Gasteiger partial charge in [-0.05, 0) is 49.1 Å². The Kier molecular flexibility index (Phi) is 2.82. The van der Waals surface area contributed by atoms with E-state index in [9.17, 15) is 4.39 Å². The van der Waals surface area contributed by atoms with Crippen molar-refractivity contribution in [1.82, 2.24) is 5.32 Å². The van der Waals surface area contributed by atoms with Crippen molar-refractivity contribution in [2.24, 2.45) is 0 Å². The Hall–Kier alpha value is -0.890. The van der Waals surface area contributed by atoms with E-state index in [-0.39, 0.29) is 5.82 Å². The summed E-state index contributed by atoms with van der Waals surface area (Å²) in [5.74, 6) is -0.111. The van der Waals surface area contributed by atoms with Crippen molar-refractivity contribution >= 4 is 0 Å². The number of fused-ring (bicyclic) bond motifs is 1. The lowest BCUT2D eigenvalue weighted by molar-refractivity contribution is 0.529. The summed E-state index contributed by atoms with van der Waals surface area (Å²) in [4.78, 5) is 0. The number of benzene rings is 1. The van der Waals surface area contributed by atoms with E-state index >= 15 is 0 Å². The van der Waals surface area contributed by atoms with E-state index in [1.807, 2.05) is 6.07 Å². The second kappa shape index (κ2) is 4.09. The van der Waals surface area contributed by atoms with Gasteiger partial charge in [0.2, 0.25) is 0 Å². The SMILES string of the molecule is CCCNC1CCc2cc(F)ccc21. The molecule has 76 valence electrons. The molecular formula is C12H16FN. The summed E-state index contributed by atoms with van der Waals surface area (Å²) in [5.41, 5.74) is 2.47. The molecule has 0 bridgehead atoms. The van der Waals surface area contributed by atoms with Crippen LogP contribution in [0.4, 0.5) is 4.39 Å². The van der Waals surface area contributed by atoms with Crippen LogP contribution < -0.4 is 5.32 Å². The zero-order valence-corrected chi connectivity index (χ0v) is 8.52. The van der Waals surface area contributed by atoms with Gasteiger partial charge in [-0.15, -0.1) is 0 Å². The molecule has 1 aliphatic rings. The summed E-state index contributed by atoms with van der Waals surface area (Å²) in [6.45, 7) is 3.20. The molecule has 1 unspecified atom stereocenters. The van der Waals surface area contributed by atoms with Crippen LogP contribution in [0.3, 0.4) is 0 Å². The van der Waals surface area contributed by atoms with Gasteiger partial charge in [-0.1, -0.05) is 13.0 Å². The molecule has 0 saturated carbocycles. The molecule has 0 fully saturated rings. The number of halogens is 1. The van der Waals surface area contributed by atoms with E-state index in [4.69, 9.17) is 0 Å². The first-order valence-corrected chi connectivity index (χ1v) is 5.33. The van der Waals surface area contributed by atoms with Crippen LogP contribution in [0.25, 0.3) is 0 Å². The maximum absolute atomic E-state index is 12.9. The summed E-state index contributed by atoms with van der Waals surface area (Å²) in [7, 11) is 0. The topological polar surface area (TPSA) is 12.0 Å². The molecule has 1 aromatic carbocycles. The van der Waals surface area contributed by atoms with Crippen molar-refractivity contribution in [1.29, 1.82) is 0 Å². The van der Waals surface area contributed by atoms with Gasteiger partial charge in [0.25, 0.3) is 0 Å². The van der Waals surface area contributed by atoms with Gasteiger partial charge in [-0.2, -0.15) is 0 Å². The van der Waals surface area contributed by atoms with Gasteiger partial charge in [0.05, 0.1) is 0 Å². The van der Waals surface area contributed by atoms with Crippen molar-refractivity contribution < 1.29 is 4.39 Å². The smallest absolute Gasteiger partial charge is 0.123 e. The molecule has 14 heavy (non-hydrogen) atoms. The molecular weight excluding hydrogens is 177 g/mol. The fourth-order valence-corrected chi connectivity index (χ4v) is 2.12. The van der Waals surface area contributed by atoms with Crippen LogP contribution in [0.2, 0.25) is 0 Å². The molecule has 0 saturated heterocycles. The van der Waals surface area contributed by atoms with E-state index in [1.54, 1.807) is 12.1 Å². The molecule has 0 aliphatic heterocycles. The van der Waals surface area contributed by atoms with E-state index in [1.165, 1.54) is 11.1 Å². The standard InChI is InChI=1S/C12H16FN/c1-2-7-14-12-6-3-9-8-10(13)4-5-11(9)12/h4-5,8,12,14H,2-3,6-7H2,1H3. The van der Waals surface area contributed by atoms with Gasteiger partial charge in [0.15, 0.2) is 0 Å². The molecule has 1 aromatic rings. The molecule has 0 aromatic heterocycles. The van der Waals surface area contributed by atoms with Crippen molar-refractivity contribution in [3.63, 3.8) is 0 Å². The molecule has 0 spiro atoms. The Morgan fingerprint density at radius 1 is 1.50 bits per heavy atom. The van der Waals surface area contributed by atoms with Crippen molar-refractivity contribution in [2.45, 2.75) is 32.2 Å². The molecule has 0 radical (unpaired) electrons. The zero-order chi connectivity index (χ0) is 9.97. The first-order valence-electron chi connectivity index (χ1n) is 5.33. The predicted molar refractivity (Wildman–Crippen MR) is 55.8 cm³/mol. The Labute approximate surface area is 84.3 Å². The van der Waals surface area contributed by atoms with Crippen molar-refractivity contribution in [3.05, 3.63) is 35.1 Å². The highest BCUT2D eigenvalue weighted by molar-refractivity contribution is 5.34. The highest BCUT2D eigenvalue weighted by Crippen LogP contribution is 2.31. The van der Waals surface area contributed by atoms with Gasteiger partial charge < -0.3 is 5.32 Å². The average Bonchev–Trinajstić information content (AvgIpc) is 2.57. The summed E-state index contributed by atoms with van der Waals surface area (Å²) < 4.78 is 12.9. The Bertz CT molecular complexity index is 322. The minimum Gasteiger partial charge on any atom is -0.310 e. The number of nitrogens with one attached hydrogen (secondary N) is 1. The predicted octanol–water partition coefficient (Wildman–Crippen LogP) is 2.81. The summed E-state index contributed by atoms with van der Waals surface area (Å²) in [6.07, 6.45) is 3.26. The van der Waals surface area contributed by atoms with E-state index in [2.05, 4.69) is 12.2 Å². The van der Waals surface area contributed by atoms with Crippen LogP contribution in [0.5, 0.6) is 0 Å². The first kappa shape index (κ1) is 9.66. The van der Waals surface area contributed by atoms with Crippen LogP contribution in [0.1, 0.15) is 36.9 Å². The molecule has 1 nitrogen and oxygen atoms in total. The lowest BCUT2D eigenvalue weighted by Gasteiger charge is -2.12. The number of aryl methyl sites for hydroxylation is 1. The lowest BCUT2D eigenvalue weighted by Crippen LogP contribution is -2.19. The van der Waals surface area contributed by atoms with Crippen LogP contribution in [-0.4, -0.2) is 6.54 Å². The van der Waals surface area contributed by atoms with Crippen LogP contribution in [0.15, 0.2) is 18.2 Å². The van der Waals surface area contributed by atoms with Gasteiger partial charge in [-0.25, -0.2) is 4.39 Å². The molecule has 2 heteroatoms. The second-order valence-corrected chi connectivity index (χ2v) is 3.89. The Morgan fingerprint density at radius 2 is 2.36 bits per heavy atom. The maximum Gasteiger partial charge on any atom is 0.123 e. The Morgan fingerprint density at radius 3 is 3.14 bits per heavy atom. The van der Waals surface area contributed by atoms with E-state index < -0.39 is 0 Å². The lowest BCUT2D eigenvalue weighted by atomic mass is 10.1. The molecule has 1 aliphatic carbocycles. The number of rotatable bonds is 3. The van der Waals surface area contributed by atoms with Gasteiger partial charge in [0, 0.05) is 6.04 Å². The molecule has 1 atom stereocenters. The first-order chi connectivity index (χ1) is 6.81. The molecule has 0 amide bonds. The largest absolute Gasteiger partial charge is 0.310 e. The third-order valence-corrected chi connectivity index (χ3v) is 2.82. The third-order valence-electron chi connectivity index (χ3n) is 2.82. The third kappa shape index (κ3) is 1.80. The minimum absolute atomic E-state index is 0.111. The fourth-order valence-electron chi connectivity index (χ4n) is 2.12. The summed E-state index contributed by atoms with van der Waals surface area (Å²) >= 11 is 0. The fraction of sp³-hybridized carbons (Fsp3) is 0.500. The highest BCUT2D eigenvalue weighted by atomic mass is 19.1. The molecule has 2 rings (SSSR count). The maximum atomic E-state index is 12.9. The van der Waals surface area contributed by atoms with Crippen LogP contribution in [0, 0.1) is 5.82 Å². The molecule has 1 N–H and O–H groups in total. The molecule has 0 heterocycles. The van der Waals surface area contributed by atoms with Gasteiger partial charge in [0.1, 0.15) is 5.82 Å². The van der Waals surface area contributed by atoms with Crippen molar-refractivity contribution in [3.8, 4) is 0 Å². The minimum atomic E-state index is -0.111. The van der Waals surface area contributed by atoms with Crippen molar-refractivity contribution in [2.75, 3.05) is 6.54 Å². The Balaban J connectivity index is 2.14. The number of hydrogen-bond acceptors (Lipinski definition) is 1.